The first kappa shape index (κ1) is 14.5. The predicted molar refractivity (Wildman–Crippen MR) is 106 cm³/mol. The van der Waals surface area contributed by atoms with Crippen LogP contribution in [-0.2, 0) is 4.74 Å². The van der Waals surface area contributed by atoms with Crippen LogP contribution in [-0.4, -0.2) is 0 Å². The summed E-state index contributed by atoms with van der Waals surface area (Å²) in [5.41, 5.74) is 3.60. The molecular formula is C23H16OS. The van der Waals surface area contributed by atoms with Gasteiger partial charge in [-0.15, -0.1) is 11.3 Å². The summed E-state index contributed by atoms with van der Waals surface area (Å²) < 4.78 is 7.79. The van der Waals surface area contributed by atoms with Gasteiger partial charge in [0.1, 0.15) is 5.76 Å². The molecule has 1 aliphatic heterocycles. The highest BCUT2D eigenvalue weighted by Gasteiger charge is 2.28. The molecule has 1 aromatic heterocycles. The SMILES string of the molecule is C1=C(c2ccccc2)O[C@@H](c2ccccc2)c2sc3ccccc3c21. The summed E-state index contributed by atoms with van der Waals surface area (Å²) in [6, 6.07) is 29.4. The van der Waals surface area contributed by atoms with E-state index in [1.165, 1.54) is 26.1 Å². The normalized spacial score (nSPS) is 16.2. The maximum absolute atomic E-state index is 6.49. The lowest BCUT2D eigenvalue weighted by atomic mass is 9.98. The monoisotopic (exact) mass is 340 g/mol. The standard InChI is InChI=1S/C23H16OS/c1-3-9-16(10-4-1)20-15-19-18-13-7-8-14-21(18)25-23(19)22(24-20)17-11-5-2-6-12-17/h1-15,22H/t22-/m0/s1. The number of hydrogen-bond acceptors (Lipinski definition) is 2. The van der Waals surface area contributed by atoms with Crippen LogP contribution in [0.25, 0.3) is 21.9 Å². The molecule has 0 unspecified atom stereocenters. The van der Waals surface area contributed by atoms with Gasteiger partial charge >= 0.3 is 0 Å². The Labute approximate surface area is 150 Å². The summed E-state index contributed by atoms with van der Waals surface area (Å²) in [5, 5.41) is 1.31. The van der Waals surface area contributed by atoms with Crippen LogP contribution in [0.2, 0.25) is 0 Å². The fourth-order valence-electron chi connectivity index (χ4n) is 3.37. The molecule has 0 N–H and O–H groups in total. The smallest absolute Gasteiger partial charge is 0.159 e. The van der Waals surface area contributed by atoms with Gasteiger partial charge in [-0.2, -0.15) is 0 Å². The Balaban J connectivity index is 1.75. The number of ether oxygens (including phenoxy) is 1. The van der Waals surface area contributed by atoms with Gasteiger partial charge in [-0.1, -0.05) is 78.9 Å². The van der Waals surface area contributed by atoms with Crippen LogP contribution in [0.3, 0.4) is 0 Å². The van der Waals surface area contributed by atoms with Crippen molar-refractivity contribution in [3.8, 4) is 0 Å². The van der Waals surface area contributed by atoms with Gasteiger partial charge in [-0.3, -0.25) is 0 Å². The lowest BCUT2D eigenvalue weighted by Gasteiger charge is -2.25. The maximum Gasteiger partial charge on any atom is 0.159 e. The van der Waals surface area contributed by atoms with Gasteiger partial charge in [0.15, 0.2) is 6.10 Å². The highest BCUT2D eigenvalue weighted by molar-refractivity contribution is 7.19. The molecule has 25 heavy (non-hydrogen) atoms. The zero-order valence-electron chi connectivity index (χ0n) is 13.6. The van der Waals surface area contributed by atoms with Crippen molar-refractivity contribution in [1.82, 2.24) is 0 Å². The van der Waals surface area contributed by atoms with Gasteiger partial charge in [0.05, 0.1) is 4.88 Å². The van der Waals surface area contributed by atoms with Crippen molar-refractivity contribution in [2.24, 2.45) is 0 Å². The number of fused-ring (bicyclic) bond motifs is 3. The van der Waals surface area contributed by atoms with Crippen molar-refractivity contribution < 1.29 is 4.74 Å². The van der Waals surface area contributed by atoms with Gasteiger partial charge in [0.25, 0.3) is 0 Å². The van der Waals surface area contributed by atoms with E-state index in [-0.39, 0.29) is 6.10 Å². The summed E-state index contributed by atoms with van der Waals surface area (Å²) in [6.45, 7) is 0. The number of benzene rings is 3. The summed E-state index contributed by atoms with van der Waals surface area (Å²) >= 11 is 1.83. The van der Waals surface area contributed by atoms with Gasteiger partial charge in [-0.25, -0.2) is 0 Å². The van der Waals surface area contributed by atoms with E-state index < -0.39 is 0 Å². The molecule has 2 heterocycles. The molecule has 1 aliphatic rings. The Morgan fingerprint density at radius 3 is 2.20 bits per heavy atom. The molecule has 4 aromatic rings. The molecule has 1 nitrogen and oxygen atoms in total. The van der Waals surface area contributed by atoms with Gasteiger partial charge in [-0.05, 0) is 17.7 Å². The molecular weight excluding hydrogens is 324 g/mol. The molecule has 120 valence electrons. The average molecular weight is 340 g/mol. The largest absolute Gasteiger partial charge is 0.479 e. The first-order valence-corrected chi connectivity index (χ1v) is 9.22. The van der Waals surface area contributed by atoms with Gasteiger partial charge in [0.2, 0.25) is 0 Å². The Kier molecular flexibility index (Phi) is 3.43. The molecule has 0 amide bonds. The van der Waals surface area contributed by atoms with Crippen LogP contribution in [0.1, 0.15) is 27.7 Å². The molecule has 0 aliphatic carbocycles. The van der Waals surface area contributed by atoms with Gasteiger partial charge in [0, 0.05) is 21.2 Å². The van der Waals surface area contributed by atoms with Crippen LogP contribution >= 0.6 is 11.3 Å². The Bertz CT molecular complexity index is 1060. The molecule has 0 radical (unpaired) electrons. The Morgan fingerprint density at radius 2 is 1.40 bits per heavy atom. The fourth-order valence-corrected chi connectivity index (χ4v) is 4.62. The van der Waals surface area contributed by atoms with Crippen LogP contribution in [0.4, 0.5) is 0 Å². The lowest BCUT2D eigenvalue weighted by molar-refractivity contribution is 0.209. The molecule has 0 saturated heterocycles. The van der Waals surface area contributed by atoms with E-state index in [4.69, 9.17) is 4.74 Å². The van der Waals surface area contributed by atoms with E-state index in [0.717, 1.165) is 11.3 Å². The summed E-state index contributed by atoms with van der Waals surface area (Å²) in [4.78, 5) is 1.28. The Morgan fingerprint density at radius 1 is 0.720 bits per heavy atom. The van der Waals surface area contributed by atoms with E-state index >= 15 is 0 Å². The maximum atomic E-state index is 6.49. The lowest BCUT2D eigenvalue weighted by Crippen LogP contribution is -2.09. The van der Waals surface area contributed by atoms with Crippen molar-refractivity contribution in [3.63, 3.8) is 0 Å². The summed E-state index contributed by atoms with van der Waals surface area (Å²) in [5.74, 6) is 0.936. The second-order valence-corrected chi connectivity index (χ2v) is 7.24. The highest BCUT2D eigenvalue weighted by Crippen LogP contribution is 2.46. The third kappa shape index (κ3) is 2.46. The first-order chi connectivity index (χ1) is 12.4. The van der Waals surface area contributed by atoms with Crippen molar-refractivity contribution in [3.05, 3.63) is 106 Å². The summed E-state index contributed by atoms with van der Waals surface area (Å²) in [7, 11) is 0. The fraction of sp³-hybridized carbons (Fsp3) is 0.0435. The molecule has 0 saturated carbocycles. The van der Waals surface area contributed by atoms with E-state index in [0.29, 0.717) is 0 Å². The zero-order chi connectivity index (χ0) is 16.6. The molecule has 3 aromatic carbocycles. The quantitative estimate of drug-likeness (QED) is 0.404. The molecule has 5 rings (SSSR count). The van der Waals surface area contributed by atoms with Crippen molar-refractivity contribution in [1.29, 1.82) is 0 Å². The number of thiophene rings is 1. The van der Waals surface area contributed by atoms with Crippen LogP contribution in [0, 0.1) is 0 Å². The molecule has 0 spiro atoms. The molecule has 0 fully saturated rings. The van der Waals surface area contributed by atoms with E-state index in [1.807, 2.05) is 23.5 Å². The number of rotatable bonds is 2. The first-order valence-electron chi connectivity index (χ1n) is 8.40. The number of hydrogen-bond donors (Lipinski definition) is 0. The molecule has 2 heteroatoms. The minimum atomic E-state index is -0.0613. The van der Waals surface area contributed by atoms with E-state index in [2.05, 4.69) is 78.9 Å². The minimum Gasteiger partial charge on any atom is -0.479 e. The van der Waals surface area contributed by atoms with Crippen LogP contribution < -0.4 is 0 Å². The second kappa shape index (κ2) is 5.91. The molecule has 1 atom stereocenters. The Hall–Kier alpha value is -2.84. The minimum absolute atomic E-state index is 0.0613. The molecule has 0 bridgehead atoms. The average Bonchev–Trinajstić information content (AvgIpc) is 3.07. The topological polar surface area (TPSA) is 9.23 Å². The highest BCUT2D eigenvalue weighted by atomic mass is 32.1. The predicted octanol–water partition coefficient (Wildman–Crippen LogP) is 6.52. The third-order valence-electron chi connectivity index (χ3n) is 4.58. The van der Waals surface area contributed by atoms with E-state index in [1.54, 1.807) is 0 Å². The van der Waals surface area contributed by atoms with Crippen molar-refractivity contribution in [2.45, 2.75) is 6.10 Å². The van der Waals surface area contributed by atoms with Crippen LogP contribution in [0.15, 0.2) is 84.9 Å². The van der Waals surface area contributed by atoms with Crippen LogP contribution in [0.5, 0.6) is 0 Å². The third-order valence-corrected chi connectivity index (χ3v) is 5.81. The second-order valence-electron chi connectivity index (χ2n) is 6.16. The van der Waals surface area contributed by atoms with Gasteiger partial charge < -0.3 is 4.74 Å². The van der Waals surface area contributed by atoms with Crippen molar-refractivity contribution in [2.75, 3.05) is 0 Å². The zero-order valence-corrected chi connectivity index (χ0v) is 14.4. The van der Waals surface area contributed by atoms with Crippen molar-refractivity contribution >= 4 is 33.3 Å². The van der Waals surface area contributed by atoms with E-state index in [9.17, 15) is 0 Å². The summed E-state index contributed by atoms with van der Waals surface area (Å²) in [6.07, 6.45) is 2.14.